The van der Waals surface area contributed by atoms with E-state index in [2.05, 4.69) is 4.74 Å². The van der Waals surface area contributed by atoms with Crippen molar-refractivity contribution >= 4 is 35.4 Å². The van der Waals surface area contributed by atoms with Crippen LogP contribution in [-0.2, 0) is 47.7 Å². The molecule has 67 heavy (non-hydrogen) atoms. The average Bonchev–Trinajstić information content (AvgIpc) is 3.72. The van der Waals surface area contributed by atoms with Gasteiger partial charge in [-0.05, 0) is 74.7 Å². The van der Waals surface area contributed by atoms with Gasteiger partial charge in [-0.1, -0.05) is 135 Å². The molecule has 6 unspecified atom stereocenters. The lowest BCUT2D eigenvalue weighted by atomic mass is 9.71. The third-order valence-corrected chi connectivity index (χ3v) is 11.6. The van der Waals surface area contributed by atoms with Crippen LogP contribution in [0.15, 0.2) is 153 Å². The maximum Gasteiger partial charge on any atom is 0.378 e. The second-order valence-corrected chi connectivity index (χ2v) is 18.1. The fourth-order valence-electron chi connectivity index (χ4n) is 7.71. The van der Waals surface area contributed by atoms with Crippen LogP contribution in [0, 0.1) is 10.8 Å². The molecular formula is C52H60O15. The van der Waals surface area contributed by atoms with Crippen molar-refractivity contribution < 1.29 is 73.2 Å². The first-order chi connectivity index (χ1) is 31.2. The van der Waals surface area contributed by atoms with Crippen LogP contribution in [0.2, 0.25) is 0 Å². The van der Waals surface area contributed by atoms with E-state index in [4.69, 9.17) is 14.2 Å². The molecule has 0 bridgehead atoms. The van der Waals surface area contributed by atoms with Crippen LogP contribution in [-0.4, -0.2) is 97.6 Å². The van der Waals surface area contributed by atoms with Gasteiger partial charge in [0.25, 0.3) is 0 Å². The molecule has 4 rings (SSSR count). The lowest BCUT2D eigenvalue weighted by Crippen LogP contribution is -2.44. The molecule has 358 valence electrons. The van der Waals surface area contributed by atoms with Gasteiger partial charge in [0.15, 0.2) is 53.9 Å². The molecule has 15 nitrogen and oxygen atoms in total. The number of cyclic esters (lactones) is 2. The van der Waals surface area contributed by atoms with Gasteiger partial charge in [0, 0.05) is 18.9 Å². The molecule has 0 aromatic heterocycles. The second kappa shape index (κ2) is 22.1. The van der Waals surface area contributed by atoms with E-state index in [-0.39, 0.29) is 12.8 Å². The fraction of sp³-hybridized carbons (Fsp3) is 0.385. The number of rotatable bonds is 16. The minimum atomic E-state index is -2.15. The summed E-state index contributed by atoms with van der Waals surface area (Å²) in [5.74, 6) is -8.45. The van der Waals surface area contributed by atoms with Gasteiger partial charge in [-0.25, -0.2) is 19.2 Å². The number of ketones is 2. The summed E-state index contributed by atoms with van der Waals surface area (Å²) >= 11 is 0. The number of esters is 4. The molecule has 2 heterocycles. The number of carbonyl (C=O) groups is 6. The highest BCUT2D eigenvalue weighted by Gasteiger charge is 2.46. The largest absolute Gasteiger partial charge is 0.505 e. The SMILES string of the molecule is CC1=C(/C=C/C(C)=C/C=C/C(C)=C/C=C/C=C(C)/C=C/C=C(C)/C=C/C2=C(C)C(=O)C(OC(=O)C(O)C3OC(=O)C(O)=C3O)CC2(C)C)C(C)(C)CC(OC(=O)C(O)C2C=C(O)C(=O)O2)C1=O. The molecule has 6 atom stereocenters. The van der Waals surface area contributed by atoms with E-state index in [1.54, 1.807) is 13.8 Å². The molecular weight excluding hydrogens is 865 g/mol. The molecule has 4 aliphatic rings. The molecule has 0 amide bonds. The van der Waals surface area contributed by atoms with Gasteiger partial charge in [-0.15, -0.1) is 0 Å². The van der Waals surface area contributed by atoms with Crippen molar-refractivity contribution in [3.05, 3.63) is 153 Å². The predicted molar refractivity (Wildman–Crippen MR) is 247 cm³/mol. The molecule has 0 radical (unpaired) electrons. The van der Waals surface area contributed by atoms with Gasteiger partial charge < -0.3 is 44.5 Å². The highest BCUT2D eigenvalue weighted by molar-refractivity contribution is 6.03. The van der Waals surface area contributed by atoms with Crippen LogP contribution in [0.3, 0.4) is 0 Å². The Balaban J connectivity index is 1.28. The summed E-state index contributed by atoms with van der Waals surface area (Å²) in [6.45, 7) is 18.7. The Hall–Kier alpha value is -6.84. The highest BCUT2D eigenvalue weighted by atomic mass is 16.6. The van der Waals surface area contributed by atoms with Crippen molar-refractivity contribution in [2.45, 2.75) is 119 Å². The maximum atomic E-state index is 13.2. The van der Waals surface area contributed by atoms with E-state index < -0.39 is 100 Å². The molecule has 0 spiro atoms. The van der Waals surface area contributed by atoms with E-state index in [1.807, 2.05) is 140 Å². The van der Waals surface area contributed by atoms with E-state index in [0.29, 0.717) is 11.1 Å². The zero-order valence-electron chi connectivity index (χ0n) is 39.4. The fourth-order valence-corrected chi connectivity index (χ4v) is 7.71. The monoisotopic (exact) mass is 924 g/mol. The number of hydrogen-bond donors (Lipinski definition) is 5. The standard InChI is InChI=1S/C52H60O15/c1-28(17-13-19-30(3)21-23-34-32(5)40(54)38(26-51(34,7)8)65-48(61)42(56)37-25-36(53)47(60)64-37)15-11-12-16-29(2)18-14-20-31(4)22-24-35-33(6)41(55)39(27-52(35,9)10)66-50(63)45(59)46-43(57)44(58)49(62)67-46/h11-25,37-39,42,45-46,53,56-59H,26-27H2,1-10H3/b12-11+,17-13+,18-14+,23-21+,24-22+,28-15+,29-16+,30-19+,31-20+. The zero-order valence-corrected chi connectivity index (χ0v) is 39.4. The zero-order chi connectivity index (χ0) is 50.1. The molecule has 0 aromatic carbocycles. The Bertz CT molecular complexity index is 2460. The van der Waals surface area contributed by atoms with Crippen molar-refractivity contribution in [3.63, 3.8) is 0 Å². The second-order valence-electron chi connectivity index (χ2n) is 18.1. The molecule has 0 saturated heterocycles. The van der Waals surface area contributed by atoms with Crippen molar-refractivity contribution in [1.29, 1.82) is 0 Å². The lowest BCUT2D eigenvalue weighted by Gasteiger charge is -2.36. The molecule has 0 fully saturated rings. The number of carbonyl (C=O) groups excluding carboxylic acids is 6. The number of hydrogen-bond acceptors (Lipinski definition) is 15. The highest BCUT2D eigenvalue weighted by Crippen LogP contribution is 2.42. The summed E-state index contributed by atoms with van der Waals surface area (Å²) in [6.07, 6.45) is 18.5. The summed E-state index contributed by atoms with van der Waals surface area (Å²) in [5.41, 5.74) is 5.04. The van der Waals surface area contributed by atoms with Crippen molar-refractivity contribution in [2.75, 3.05) is 0 Å². The Morgan fingerprint density at radius 3 is 1.42 bits per heavy atom. The lowest BCUT2D eigenvalue weighted by molar-refractivity contribution is -0.172. The van der Waals surface area contributed by atoms with Gasteiger partial charge in [-0.2, -0.15) is 0 Å². The molecule has 5 N–H and O–H groups in total. The number of Topliss-reactive ketones (excluding diaryl/α,β-unsaturated/α-hetero) is 2. The van der Waals surface area contributed by atoms with Crippen molar-refractivity contribution in [1.82, 2.24) is 0 Å². The summed E-state index contributed by atoms with van der Waals surface area (Å²) < 4.78 is 20.0. The van der Waals surface area contributed by atoms with Gasteiger partial charge in [-0.3, -0.25) is 9.59 Å². The molecule has 2 aliphatic carbocycles. The van der Waals surface area contributed by atoms with Gasteiger partial charge in [0.2, 0.25) is 11.5 Å². The van der Waals surface area contributed by atoms with Crippen LogP contribution < -0.4 is 0 Å². The Kier molecular flexibility index (Phi) is 17.4. The van der Waals surface area contributed by atoms with E-state index in [0.717, 1.165) is 39.5 Å². The van der Waals surface area contributed by atoms with Crippen LogP contribution >= 0.6 is 0 Å². The molecule has 15 heteroatoms. The molecule has 0 saturated carbocycles. The summed E-state index contributed by atoms with van der Waals surface area (Å²) in [6, 6.07) is 0. The summed E-state index contributed by atoms with van der Waals surface area (Å²) in [5, 5.41) is 49.4. The smallest absolute Gasteiger partial charge is 0.378 e. The van der Waals surface area contributed by atoms with E-state index in [1.165, 1.54) is 0 Å². The van der Waals surface area contributed by atoms with Crippen molar-refractivity contribution in [3.8, 4) is 0 Å². The summed E-state index contributed by atoms with van der Waals surface area (Å²) in [7, 11) is 0. The Morgan fingerprint density at radius 1 is 0.627 bits per heavy atom. The topological polar surface area (TPSA) is 240 Å². The minimum absolute atomic E-state index is 0.111. The van der Waals surface area contributed by atoms with Crippen LogP contribution in [0.1, 0.15) is 82.1 Å². The first-order valence-electron chi connectivity index (χ1n) is 21.6. The normalized spacial score (nSPS) is 25.3. The predicted octanol–water partition coefficient (Wildman–Crippen LogP) is 7.35. The van der Waals surface area contributed by atoms with Gasteiger partial charge in [0.1, 0.15) is 0 Å². The van der Waals surface area contributed by atoms with Gasteiger partial charge >= 0.3 is 23.9 Å². The number of aliphatic hydroxyl groups excluding tert-OH is 5. The molecule has 2 aliphatic heterocycles. The van der Waals surface area contributed by atoms with E-state index in [9.17, 15) is 54.3 Å². The van der Waals surface area contributed by atoms with Crippen molar-refractivity contribution in [2.24, 2.45) is 10.8 Å². The number of aliphatic hydroxyl groups is 5. The van der Waals surface area contributed by atoms with Crippen LogP contribution in [0.4, 0.5) is 0 Å². The maximum absolute atomic E-state index is 13.2. The van der Waals surface area contributed by atoms with E-state index >= 15 is 0 Å². The first-order valence-corrected chi connectivity index (χ1v) is 21.6. The number of allylic oxidation sites excluding steroid dienone is 20. The minimum Gasteiger partial charge on any atom is -0.505 e. The molecule has 0 aromatic rings. The first kappa shape index (κ1) is 52.8. The third kappa shape index (κ3) is 13.4. The average molecular weight is 925 g/mol. The number of ether oxygens (including phenoxy) is 4. The Morgan fingerprint density at radius 2 is 1.03 bits per heavy atom. The summed E-state index contributed by atoms with van der Waals surface area (Å²) in [4.78, 5) is 74.6. The quantitative estimate of drug-likeness (QED) is 0.0578. The Labute approximate surface area is 390 Å². The van der Waals surface area contributed by atoms with Crippen LogP contribution in [0.5, 0.6) is 0 Å². The van der Waals surface area contributed by atoms with Crippen LogP contribution in [0.25, 0.3) is 0 Å². The van der Waals surface area contributed by atoms with Gasteiger partial charge in [0.05, 0.1) is 0 Å². The third-order valence-electron chi connectivity index (χ3n) is 11.6.